The fourth-order valence-corrected chi connectivity index (χ4v) is 2.79. The molecule has 0 aliphatic heterocycles. The molecule has 140 valence electrons. The van der Waals surface area contributed by atoms with Crippen LogP contribution in [0.1, 0.15) is 12.5 Å². The lowest BCUT2D eigenvalue weighted by atomic mass is 10.1. The third-order valence-corrected chi connectivity index (χ3v) is 4.88. The maximum absolute atomic E-state index is 12.6. The first kappa shape index (κ1) is 20.5. The van der Waals surface area contributed by atoms with Gasteiger partial charge in [-0.2, -0.15) is 21.6 Å². The molecule has 0 unspecified atom stereocenters. The van der Waals surface area contributed by atoms with Crippen molar-refractivity contribution in [3.8, 4) is 5.75 Å². The second kappa shape index (κ2) is 7.85. The van der Waals surface area contributed by atoms with Crippen LogP contribution in [0.5, 0.6) is 5.75 Å². The zero-order chi connectivity index (χ0) is 19.5. The molecular weight excluding hydrogens is 461 g/mol. The summed E-state index contributed by atoms with van der Waals surface area (Å²) in [6.07, 6.45) is 0. The molecule has 0 saturated heterocycles. The maximum atomic E-state index is 12.6. The number of sulfonamides is 1. The second-order valence-corrected chi connectivity index (χ2v) is 7.99. The van der Waals surface area contributed by atoms with Gasteiger partial charge in [-0.05, 0) is 49.4 Å². The van der Waals surface area contributed by atoms with Gasteiger partial charge in [-0.15, -0.1) is 0 Å². The van der Waals surface area contributed by atoms with Crippen molar-refractivity contribution in [2.24, 2.45) is 5.16 Å². The zero-order valence-electron chi connectivity index (χ0n) is 13.0. The molecule has 5 nitrogen and oxygen atoms in total. The second-order valence-electron chi connectivity index (χ2n) is 4.96. The number of nitrogens with zero attached hydrogens (tertiary/aromatic N) is 1. The van der Waals surface area contributed by atoms with Gasteiger partial charge in [0.2, 0.25) is 0 Å². The number of hydrogen-bond donors (Lipinski definition) is 1. The smallest absolute Gasteiger partial charge is 0.357 e. The lowest BCUT2D eigenvalue weighted by Gasteiger charge is -2.14. The van der Waals surface area contributed by atoms with Crippen molar-refractivity contribution in [1.29, 1.82) is 0 Å². The topological polar surface area (TPSA) is 67.8 Å². The van der Waals surface area contributed by atoms with Gasteiger partial charge in [0, 0.05) is 15.1 Å². The van der Waals surface area contributed by atoms with E-state index in [9.17, 15) is 21.6 Å². The molecule has 0 amide bonds. The van der Waals surface area contributed by atoms with Crippen molar-refractivity contribution in [2.75, 3.05) is 4.72 Å². The van der Waals surface area contributed by atoms with Crippen LogP contribution >= 0.6 is 27.5 Å². The van der Waals surface area contributed by atoms with Crippen LogP contribution < -0.4 is 9.56 Å². The van der Waals surface area contributed by atoms with Crippen LogP contribution in [0.15, 0.2) is 52.1 Å². The summed E-state index contributed by atoms with van der Waals surface area (Å²) >= 11 is 9.12. The van der Waals surface area contributed by atoms with E-state index in [-0.39, 0.29) is 22.0 Å². The molecule has 0 spiro atoms. The average molecular weight is 472 g/mol. The van der Waals surface area contributed by atoms with E-state index in [0.29, 0.717) is 5.75 Å². The fraction of sp³-hybridized carbons (Fsp3) is 0.133. The molecule has 0 atom stereocenters. The molecule has 0 bridgehead atoms. The van der Waals surface area contributed by atoms with Crippen LogP contribution in [0, 0.1) is 0 Å². The predicted molar refractivity (Wildman–Crippen MR) is 97.0 cm³/mol. The van der Waals surface area contributed by atoms with Crippen molar-refractivity contribution in [3.63, 3.8) is 0 Å². The molecule has 0 radical (unpaired) electrons. The Morgan fingerprint density at radius 2 is 1.81 bits per heavy atom. The van der Waals surface area contributed by atoms with Crippen molar-refractivity contribution in [1.82, 2.24) is 0 Å². The highest BCUT2D eigenvalue weighted by Crippen LogP contribution is 2.29. The summed E-state index contributed by atoms with van der Waals surface area (Å²) in [5.41, 5.74) is -5.62. The van der Waals surface area contributed by atoms with E-state index in [0.717, 1.165) is 10.5 Å². The molecular formula is C15H11BrClF3N2O3S. The van der Waals surface area contributed by atoms with E-state index in [1.165, 1.54) is 23.8 Å². The Bertz CT molecular complexity index is 932. The molecule has 11 heteroatoms. The van der Waals surface area contributed by atoms with Crippen LogP contribution in [-0.4, -0.2) is 19.6 Å². The van der Waals surface area contributed by atoms with Gasteiger partial charge in [0.25, 0.3) is 0 Å². The first-order valence-electron chi connectivity index (χ1n) is 6.86. The Labute approximate surface area is 161 Å². The number of rotatable bonds is 5. The van der Waals surface area contributed by atoms with E-state index < -0.39 is 15.5 Å². The minimum absolute atomic E-state index is 0.0439. The Kier molecular flexibility index (Phi) is 6.20. The van der Waals surface area contributed by atoms with Crippen LogP contribution in [0.2, 0.25) is 5.02 Å². The van der Waals surface area contributed by atoms with Crippen LogP contribution in [0.3, 0.4) is 0 Å². The van der Waals surface area contributed by atoms with Gasteiger partial charge in [0.05, 0.1) is 11.4 Å². The molecule has 26 heavy (non-hydrogen) atoms. The van der Waals surface area contributed by atoms with Gasteiger partial charge in [0.1, 0.15) is 0 Å². The third-order valence-electron chi connectivity index (χ3n) is 3.02. The molecule has 2 aromatic carbocycles. The number of alkyl halides is 3. The highest BCUT2D eigenvalue weighted by molar-refractivity contribution is 9.10. The average Bonchev–Trinajstić information content (AvgIpc) is 2.54. The molecule has 2 aromatic rings. The quantitative estimate of drug-likeness (QED) is 0.483. The standard InChI is InChI=1S/C15H11BrClF3N2O3S/c1-9(21-25-12-5-2-10(16)3-6-12)13-8-11(17)4-7-14(13)22-26(23,24)15(18,19)20/h2-8,22H,1H3/b21-9+. The summed E-state index contributed by atoms with van der Waals surface area (Å²) in [6, 6.07) is 10.3. The molecule has 0 fully saturated rings. The lowest BCUT2D eigenvalue weighted by molar-refractivity contribution is -0.0429. The van der Waals surface area contributed by atoms with Gasteiger partial charge in [-0.25, -0.2) is 0 Å². The van der Waals surface area contributed by atoms with E-state index in [1.54, 1.807) is 24.3 Å². The van der Waals surface area contributed by atoms with Gasteiger partial charge in [-0.3, -0.25) is 4.72 Å². The monoisotopic (exact) mass is 470 g/mol. The number of anilines is 1. The highest BCUT2D eigenvalue weighted by atomic mass is 79.9. The van der Waals surface area contributed by atoms with E-state index in [1.807, 2.05) is 0 Å². The summed E-state index contributed by atoms with van der Waals surface area (Å²) in [6.45, 7) is 1.44. The Morgan fingerprint density at radius 1 is 1.19 bits per heavy atom. The number of nitrogens with one attached hydrogen (secondary N) is 1. The molecule has 2 rings (SSSR count). The Morgan fingerprint density at radius 3 is 2.38 bits per heavy atom. The Hall–Kier alpha value is -1.78. The maximum Gasteiger partial charge on any atom is 0.516 e. The molecule has 0 aromatic heterocycles. The number of hydrogen-bond acceptors (Lipinski definition) is 4. The van der Waals surface area contributed by atoms with Gasteiger partial charge < -0.3 is 4.84 Å². The molecule has 0 aliphatic carbocycles. The van der Waals surface area contributed by atoms with Gasteiger partial charge in [-0.1, -0.05) is 32.7 Å². The normalized spacial score (nSPS) is 12.8. The first-order chi connectivity index (χ1) is 12.0. The minimum atomic E-state index is -5.59. The number of halogens is 5. The minimum Gasteiger partial charge on any atom is -0.357 e. The number of benzene rings is 2. The SMILES string of the molecule is C/C(=N\Oc1ccc(Br)cc1)c1cc(Cl)ccc1NS(=O)(=O)C(F)(F)F. The van der Waals surface area contributed by atoms with Crippen LogP contribution in [-0.2, 0) is 10.0 Å². The zero-order valence-corrected chi connectivity index (χ0v) is 16.2. The highest BCUT2D eigenvalue weighted by Gasteiger charge is 2.46. The largest absolute Gasteiger partial charge is 0.516 e. The van der Waals surface area contributed by atoms with Gasteiger partial charge >= 0.3 is 15.5 Å². The van der Waals surface area contributed by atoms with E-state index in [4.69, 9.17) is 16.4 Å². The van der Waals surface area contributed by atoms with Crippen molar-refractivity contribution in [3.05, 3.63) is 57.5 Å². The van der Waals surface area contributed by atoms with Gasteiger partial charge in [0.15, 0.2) is 5.75 Å². The summed E-state index contributed by atoms with van der Waals surface area (Å²) in [4.78, 5) is 5.19. The molecule has 1 N–H and O–H groups in total. The lowest BCUT2D eigenvalue weighted by Crippen LogP contribution is -2.30. The van der Waals surface area contributed by atoms with Crippen molar-refractivity contribution >= 4 is 49.0 Å². The summed E-state index contributed by atoms with van der Waals surface area (Å²) in [5.74, 6) is 0.381. The van der Waals surface area contributed by atoms with Crippen LogP contribution in [0.25, 0.3) is 0 Å². The van der Waals surface area contributed by atoms with E-state index in [2.05, 4.69) is 21.1 Å². The third kappa shape index (κ3) is 5.12. The fourth-order valence-electron chi connectivity index (χ4n) is 1.77. The summed E-state index contributed by atoms with van der Waals surface area (Å²) in [5, 5.41) is 4.00. The van der Waals surface area contributed by atoms with Crippen LogP contribution in [0.4, 0.5) is 18.9 Å². The summed E-state index contributed by atoms with van der Waals surface area (Å²) < 4.78 is 62.8. The molecule has 0 saturated carbocycles. The Balaban J connectivity index is 2.34. The van der Waals surface area contributed by atoms with E-state index >= 15 is 0 Å². The first-order valence-corrected chi connectivity index (χ1v) is 9.51. The predicted octanol–water partition coefficient (Wildman–Crippen LogP) is 5.17. The molecule has 0 aliphatic rings. The van der Waals surface area contributed by atoms with Crippen molar-refractivity contribution in [2.45, 2.75) is 12.4 Å². The number of oxime groups is 1. The summed E-state index contributed by atoms with van der Waals surface area (Å²) in [7, 11) is -5.59. The molecule has 0 heterocycles. The van der Waals surface area contributed by atoms with Crippen molar-refractivity contribution < 1.29 is 26.4 Å².